The average Bonchev–Trinajstić information content (AvgIpc) is 2.32. The molecule has 0 radical (unpaired) electrons. The zero-order valence-electron chi connectivity index (χ0n) is 10.4. The Hall–Kier alpha value is -1.27. The number of carbonyl (C=O) groups is 1. The minimum atomic E-state index is -0.726. The summed E-state index contributed by atoms with van der Waals surface area (Å²) in [4.78, 5) is 11.0. The molecule has 0 heterocycles. The van der Waals surface area contributed by atoms with Crippen molar-refractivity contribution < 1.29 is 14.3 Å². The topological polar surface area (TPSA) is 87.6 Å². The Morgan fingerprint density at radius 3 is 2.67 bits per heavy atom. The molecule has 0 aliphatic rings. The van der Waals surface area contributed by atoms with E-state index >= 15 is 0 Å². The van der Waals surface area contributed by atoms with Gasteiger partial charge in [0.2, 0.25) is 0 Å². The van der Waals surface area contributed by atoms with Crippen LogP contribution < -0.4 is 20.9 Å². The highest BCUT2D eigenvalue weighted by Gasteiger charge is 2.17. The van der Waals surface area contributed by atoms with Gasteiger partial charge in [0.15, 0.2) is 17.6 Å². The Morgan fingerprint density at radius 2 is 2.17 bits per heavy atom. The third-order valence-electron chi connectivity index (χ3n) is 2.42. The number of hydrogen-bond acceptors (Lipinski definition) is 4. The van der Waals surface area contributed by atoms with Crippen LogP contribution in [0.1, 0.15) is 12.5 Å². The van der Waals surface area contributed by atoms with Crippen molar-refractivity contribution >= 4 is 21.8 Å². The van der Waals surface area contributed by atoms with Gasteiger partial charge in [0.25, 0.3) is 5.91 Å². The summed E-state index contributed by atoms with van der Waals surface area (Å²) >= 11 is 3.39. The molecule has 0 saturated carbocycles. The van der Waals surface area contributed by atoms with Crippen molar-refractivity contribution in [2.24, 2.45) is 11.5 Å². The lowest BCUT2D eigenvalue weighted by molar-refractivity contribution is -0.124. The molecule has 18 heavy (non-hydrogen) atoms. The molecule has 0 aliphatic carbocycles. The summed E-state index contributed by atoms with van der Waals surface area (Å²) in [5, 5.41) is 0. The highest BCUT2D eigenvalue weighted by Crippen LogP contribution is 2.37. The lowest BCUT2D eigenvalue weighted by atomic mass is 10.1. The lowest BCUT2D eigenvalue weighted by Gasteiger charge is -2.17. The maximum atomic E-state index is 11.0. The number of benzene rings is 1. The summed E-state index contributed by atoms with van der Waals surface area (Å²) < 4.78 is 11.4. The number of methoxy groups -OCH3 is 1. The summed E-state index contributed by atoms with van der Waals surface area (Å²) in [5.41, 5.74) is 11.7. The highest BCUT2D eigenvalue weighted by atomic mass is 79.9. The molecule has 0 bridgehead atoms. The largest absolute Gasteiger partial charge is 0.493 e. The third-order valence-corrected chi connectivity index (χ3v) is 3.01. The fourth-order valence-electron chi connectivity index (χ4n) is 1.43. The van der Waals surface area contributed by atoms with E-state index in [0.717, 1.165) is 12.0 Å². The van der Waals surface area contributed by atoms with Crippen molar-refractivity contribution in [1.29, 1.82) is 0 Å². The predicted octanol–water partition coefficient (Wildman–Crippen LogP) is 1.21. The first-order valence-electron chi connectivity index (χ1n) is 5.52. The Labute approximate surface area is 115 Å². The van der Waals surface area contributed by atoms with Gasteiger partial charge in [-0.15, -0.1) is 0 Å². The minimum Gasteiger partial charge on any atom is -0.493 e. The van der Waals surface area contributed by atoms with Gasteiger partial charge in [-0.2, -0.15) is 0 Å². The number of primary amides is 1. The van der Waals surface area contributed by atoms with Gasteiger partial charge in [0, 0.05) is 0 Å². The average molecular weight is 317 g/mol. The number of ether oxygens (including phenoxy) is 2. The van der Waals surface area contributed by atoms with Gasteiger partial charge in [0.05, 0.1) is 11.6 Å². The smallest absolute Gasteiger partial charge is 0.258 e. The van der Waals surface area contributed by atoms with Gasteiger partial charge < -0.3 is 20.9 Å². The first-order valence-corrected chi connectivity index (χ1v) is 6.31. The Kier molecular flexibility index (Phi) is 5.43. The van der Waals surface area contributed by atoms with E-state index < -0.39 is 12.0 Å². The van der Waals surface area contributed by atoms with E-state index in [4.69, 9.17) is 20.9 Å². The van der Waals surface area contributed by atoms with E-state index in [2.05, 4.69) is 15.9 Å². The molecule has 0 aromatic heterocycles. The van der Waals surface area contributed by atoms with E-state index in [1.165, 1.54) is 7.11 Å². The van der Waals surface area contributed by atoms with Crippen molar-refractivity contribution in [1.82, 2.24) is 0 Å². The molecule has 4 N–H and O–H groups in total. The normalized spacial score (nSPS) is 12.0. The van der Waals surface area contributed by atoms with Gasteiger partial charge in [-0.25, -0.2) is 0 Å². The SMILES string of the molecule is COc1cc(CCN)cc(Br)c1OC(C)C(N)=O. The van der Waals surface area contributed by atoms with Crippen molar-refractivity contribution in [2.75, 3.05) is 13.7 Å². The molecule has 6 heteroatoms. The molecular formula is C12H17BrN2O3. The van der Waals surface area contributed by atoms with Gasteiger partial charge in [0.1, 0.15) is 0 Å². The zero-order chi connectivity index (χ0) is 13.7. The van der Waals surface area contributed by atoms with Crippen LogP contribution in [0.25, 0.3) is 0 Å². The van der Waals surface area contributed by atoms with Crippen LogP contribution in [0.2, 0.25) is 0 Å². The fraction of sp³-hybridized carbons (Fsp3) is 0.417. The number of carbonyl (C=O) groups excluding carboxylic acids is 1. The van der Waals surface area contributed by atoms with Crippen molar-refractivity contribution in [3.8, 4) is 11.5 Å². The molecule has 1 rings (SSSR count). The summed E-state index contributed by atoms with van der Waals surface area (Å²) in [6, 6.07) is 3.72. The van der Waals surface area contributed by atoms with Crippen molar-refractivity contribution in [2.45, 2.75) is 19.4 Å². The fourth-order valence-corrected chi connectivity index (χ4v) is 2.02. The van der Waals surface area contributed by atoms with Crippen LogP contribution in [0.3, 0.4) is 0 Å². The van der Waals surface area contributed by atoms with Gasteiger partial charge in [-0.3, -0.25) is 4.79 Å². The molecule has 0 saturated heterocycles. The van der Waals surface area contributed by atoms with E-state index in [1.54, 1.807) is 6.92 Å². The second-order valence-electron chi connectivity index (χ2n) is 3.81. The van der Waals surface area contributed by atoms with E-state index in [9.17, 15) is 4.79 Å². The van der Waals surface area contributed by atoms with Crippen LogP contribution in [0.4, 0.5) is 0 Å². The van der Waals surface area contributed by atoms with Crippen molar-refractivity contribution in [3.63, 3.8) is 0 Å². The quantitative estimate of drug-likeness (QED) is 0.825. The number of amides is 1. The lowest BCUT2D eigenvalue weighted by Crippen LogP contribution is -2.30. The molecular weight excluding hydrogens is 300 g/mol. The predicted molar refractivity (Wildman–Crippen MR) is 72.7 cm³/mol. The molecule has 0 aliphatic heterocycles. The number of halogens is 1. The second kappa shape index (κ2) is 6.61. The Balaban J connectivity index is 3.06. The van der Waals surface area contributed by atoms with E-state index in [1.807, 2.05) is 12.1 Å². The van der Waals surface area contributed by atoms with Gasteiger partial charge in [-0.1, -0.05) is 0 Å². The summed E-state index contributed by atoms with van der Waals surface area (Å²) in [7, 11) is 1.54. The molecule has 5 nitrogen and oxygen atoms in total. The van der Waals surface area contributed by atoms with Crippen LogP contribution in [0.5, 0.6) is 11.5 Å². The molecule has 100 valence electrons. The molecule has 1 aromatic rings. The Morgan fingerprint density at radius 1 is 1.50 bits per heavy atom. The monoisotopic (exact) mass is 316 g/mol. The van der Waals surface area contributed by atoms with Crippen LogP contribution >= 0.6 is 15.9 Å². The zero-order valence-corrected chi connectivity index (χ0v) is 12.0. The summed E-state index contributed by atoms with van der Waals surface area (Å²) in [5.74, 6) is 0.473. The van der Waals surface area contributed by atoms with E-state index in [-0.39, 0.29) is 0 Å². The molecule has 1 atom stereocenters. The second-order valence-corrected chi connectivity index (χ2v) is 4.66. The van der Waals surface area contributed by atoms with Crippen LogP contribution in [-0.2, 0) is 11.2 Å². The summed E-state index contributed by atoms with van der Waals surface area (Å²) in [6.45, 7) is 2.13. The maximum absolute atomic E-state index is 11.0. The number of nitrogens with two attached hydrogens (primary N) is 2. The van der Waals surface area contributed by atoms with Gasteiger partial charge >= 0.3 is 0 Å². The number of rotatable bonds is 6. The standard InChI is InChI=1S/C12H17BrN2O3/c1-7(12(15)16)18-11-9(13)5-8(3-4-14)6-10(11)17-2/h5-7H,3-4,14H2,1-2H3,(H2,15,16). The minimum absolute atomic E-state index is 0.463. The first kappa shape index (κ1) is 14.8. The first-order chi connectivity index (χ1) is 8.49. The van der Waals surface area contributed by atoms with Gasteiger partial charge in [-0.05, 0) is 53.5 Å². The van der Waals surface area contributed by atoms with Crippen LogP contribution in [0, 0.1) is 0 Å². The van der Waals surface area contributed by atoms with Crippen molar-refractivity contribution in [3.05, 3.63) is 22.2 Å². The van der Waals surface area contributed by atoms with Crippen LogP contribution in [0.15, 0.2) is 16.6 Å². The summed E-state index contributed by atoms with van der Waals surface area (Å²) in [6.07, 6.45) is 0.0104. The highest BCUT2D eigenvalue weighted by molar-refractivity contribution is 9.10. The molecule has 1 amide bonds. The Bertz CT molecular complexity index is 438. The maximum Gasteiger partial charge on any atom is 0.258 e. The van der Waals surface area contributed by atoms with E-state index in [0.29, 0.717) is 22.5 Å². The number of hydrogen-bond donors (Lipinski definition) is 2. The molecule has 0 fully saturated rings. The van der Waals surface area contributed by atoms with Crippen LogP contribution in [-0.4, -0.2) is 25.7 Å². The third kappa shape index (κ3) is 3.61. The molecule has 0 spiro atoms. The molecule has 1 aromatic carbocycles. The molecule has 1 unspecified atom stereocenters.